The number of para-hydroxylation sites is 1. The quantitative estimate of drug-likeness (QED) is 0.154. The van der Waals surface area contributed by atoms with Crippen molar-refractivity contribution in [3.05, 3.63) is 64.2 Å². The van der Waals surface area contributed by atoms with Gasteiger partial charge in [0.25, 0.3) is 0 Å². The van der Waals surface area contributed by atoms with E-state index in [2.05, 4.69) is 63.0 Å². The minimum Gasteiger partial charge on any atom is -1.00 e. The normalized spacial score (nSPS) is 12.6. The highest BCUT2D eigenvalue weighted by atomic mass is 79.9. The van der Waals surface area contributed by atoms with Crippen LogP contribution in [0.1, 0.15) is 67.9 Å². The predicted molar refractivity (Wildman–Crippen MR) is 169 cm³/mol. The number of carbonyl (C=O) groups is 2. The van der Waals surface area contributed by atoms with Crippen molar-refractivity contribution in [2.24, 2.45) is 0 Å². The molecule has 0 fully saturated rings. The number of rotatable bonds is 18. The van der Waals surface area contributed by atoms with Gasteiger partial charge in [0.2, 0.25) is 5.91 Å². The second-order valence-corrected chi connectivity index (χ2v) is 12.2. The molecule has 0 heterocycles. The number of aryl methyl sites for hydroxylation is 4. The maximum Gasteiger partial charge on any atom is 0.238 e. The number of thioether (sulfide) groups is 1. The molecule has 2 aromatic carbocycles. The molecule has 1 amide bonds. The van der Waals surface area contributed by atoms with Gasteiger partial charge in [0, 0.05) is 23.7 Å². The Morgan fingerprint density at radius 2 is 1.45 bits per heavy atom. The highest BCUT2D eigenvalue weighted by Gasteiger charge is 2.29. The Morgan fingerprint density at radius 1 is 0.850 bits per heavy atom. The summed E-state index contributed by atoms with van der Waals surface area (Å²) in [5.41, 5.74) is 6.72. The molecule has 0 aromatic heterocycles. The lowest BCUT2D eigenvalue weighted by molar-refractivity contribution is -0.918. The lowest BCUT2D eigenvalue weighted by atomic mass is 9.97. The Balaban J connectivity index is 0.00000800. The fourth-order valence-electron chi connectivity index (χ4n) is 5.39. The van der Waals surface area contributed by atoms with Crippen LogP contribution < -0.4 is 22.3 Å². The van der Waals surface area contributed by atoms with Crippen molar-refractivity contribution in [1.82, 2.24) is 4.90 Å². The lowest BCUT2D eigenvalue weighted by Gasteiger charge is -2.38. The summed E-state index contributed by atoms with van der Waals surface area (Å²) in [4.78, 5) is 28.4. The van der Waals surface area contributed by atoms with Crippen molar-refractivity contribution in [2.45, 2.75) is 74.1 Å². The number of quaternary nitrogens is 1. The topological polar surface area (TPSA) is 49.4 Å². The van der Waals surface area contributed by atoms with Gasteiger partial charge < -0.3 is 26.8 Å². The number of Topliss-reactive ketones (excluding diaryl/α,β-unsaturated/α-hetero) is 1. The molecule has 1 N–H and O–H groups in total. The first kappa shape index (κ1) is 36.4. The van der Waals surface area contributed by atoms with Crippen LogP contribution in [0.4, 0.5) is 5.69 Å². The predicted octanol–water partition coefficient (Wildman–Crippen LogP) is 3.71. The molecule has 0 spiro atoms. The van der Waals surface area contributed by atoms with Crippen molar-refractivity contribution in [3.63, 3.8) is 0 Å². The molecule has 0 aliphatic heterocycles. The van der Waals surface area contributed by atoms with Gasteiger partial charge in [-0.05, 0) is 74.9 Å². The number of halogens is 1. The van der Waals surface area contributed by atoms with Crippen LogP contribution in [-0.2, 0) is 16.0 Å². The van der Waals surface area contributed by atoms with E-state index in [0.717, 1.165) is 78.4 Å². The molecule has 1 atom stereocenters. The van der Waals surface area contributed by atoms with Crippen molar-refractivity contribution in [1.29, 1.82) is 0 Å². The lowest BCUT2D eigenvalue weighted by Crippen LogP contribution is -3.00. The van der Waals surface area contributed by atoms with Crippen LogP contribution in [0.15, 0.2) is 36.4 Å². The Bertz CT molecular complexity index is 1040. The van der Waals surface area contributed by atoms with Gasteiger partial charge in [-0.3, -0.25) is 14.5 Å². The van der Waals surface area contributed by atoms with E-state index in [1.165, 1.54) is 16.7 Å². The number of unbranched alkanes of at least 4 members (excludes halogenated alkanes) is 1. The van der Waals surface area contributed by atoms with Crippen molar-refractivity contribution < 1.29 is 31.1 Å². The van der Waals surface area contributed by atoms with Gasteiger partial charge in [-0.15, -0.1) is 11.8 Å². The summed E-state index contributed by atoms with van der Waals surface area (Å²) >= 11 is 1.88. The van der Waals surface area contributed by atoms with Gasteiger partial charge in [0.15, 0.2) is 5.78 Å². The Hall–Kier alpha value is -1.67. The van der Waals surface area contributed by atoms with Crippen molar-refractivity contribution in [3.8, 4) is 0 Å². The number of nitrogens with one attached hydrogen (secondary N) is 1. The summed E-state index contributed by atoms with van der Waals surface area (Å²) in [6.07, 6.45) is 3.88. The molecule has 0 bridgehead atoms. The third-order valence-electron chi connectivity index (χ3n) is 7.76. The summed E-state index contributed by atoms with van der Waals surface area (Å²) in [6, 6.07) is 12.4. The fraction of sp³-hybridized carbons (Fsp3) is 0.576. The van der Waals surface area contributed by atoms with Crippen molar-refractivity contribution in [2.75, 3.05) is 56.2 Å². The SMILES string of the molecule is CCCC[N+](CCC)(CCSCN(CC)CC(=O)Nc1c(C)cccc1C)CC(=O)Cc1c(C)cccc1C.[Br-]. The number of amides is 1. The second kappa shape index (κ2) is 18.7. The molecule has 0 saturated heterocycles. The van der Waals surface area contributed by atoms with Gasteiger partial charge in [-0.1, -0.05) is 63.6 Å². The van der Waals surface area contributed by atoms with Crippen LogP contribution >= 0.6 is 11.8 Å². The highest BCUT2D eigenvalue weighted by molar-refractivity contribution is 7.99. The molecule has 5 nitrogen and oxygen atoms in total. The van der Waals surface area contributed by atoms with Crippen LogP contribution in [0.3, 0.4) is 0 Å². The Kier molecular flexibility index (Phi) is 17.0. The molecule has 2 aromatic rings. The third-order valence-corrected chi connectivity index (χ3v) is 8.78. The number of hydrogen-bond acceptors (Lipinski definition) is 4. The zero-order chi connectivity index (χ0) is 28.8. The summed E-state index contributed by atoms with van der Waals surface area (Å²) < 4.78 is 0.875. The zero-order valence-electron chi connectivity index (χ0n) is 25.9. The monoisotopic (exact) mass is 633 g/mol. The molecule has 0 aliphatic carbocycles. The summed E-state index contributed by atoms with van der Waals surface area (Å²) in [5, 5.41) is 3.12. The number of ketones is 1. The number of anilines is 1. The molecule has 2 rings (SSSR count). The van der Waals surface area contributed by atoms with Gasteiger partial charge in [0.1, 0.15) is 6.54 Å². The molecular formula is C33H52BrN3O2S. The van der Waals surface area contributed by atoms with E-state index >= 15 is 0 Å². The minimum atomic E-state index is 0. The maximum atomic E-state index is 13.4. The van der Waals surface area contributed by atoms with Crippen molar-refractivity contribution >= 4 is 29.1 Å². The number of nitrogens with zero attached hydrogens (tertiary/aromatic N) is 2. The molecular weight excluding hydrogens is 582 g/mol. The first-order valence-corrected chi connectivity index (χ1v) is 15.9. The van der Waals surface area contributed by atoms with E-state index in [0.29, 0.717) is 25.3 Å². The molecule has 0 aliphatic rings. The molecule has 224 valence electrons. The van der Waals surface area contributed by atoms with Crippen LogP contribution in [0.2, 0.25) is 0 Å². The standard InChI is InChI=1S/C33H51N3O2S.BrH/c1-8-11-19-36(18-9-2,24-30(37)22-31-26(4)14-12-15-27(31)5)20-21-39-25-35(10-3)23-32(38)34-33-28(6)16-13-17-29(33)7;/h12-17H,8-11,18-25H2,1-7H3;1H. The van der Waals surface area contributed by atoms with Crippen LogP contribution in [-0.4, -0.2) is 72.0 Å². The number of likely N-dealkylation sites (N-methyl/N-ethyl adjacent to an activating group) is 1. The number of carbonyl (C=O) groups excluding carboxylic acids is 2. The molecule has 40 heavy (non-hydrogen) atoms. The molecule has 0 saturated carbocycles. The average Bonchev–Trinajstić information content (AvgIpc) is 2.89. The largest absolute Gasteiger partial charge is 1.00 e. The average molecular weight is 635 g/mol. The Morgan fingerprint density at radius 3 is 2.00 bits per heavy atom. The smallest absolute Gasteiger partial charge is 0.238 e. The van der Waals surface area contributed by atoms with Gasteiger partial charge in [-0.2, -0.15) is 0 Å². The third kappa shape index (κ3) is 11.7. The number of benzene rings is 2. The van der Waals surface area contributed by atoms with E-state index in [1.54, 1.807) is 0 Å². The molecule has 7 heteroatoms. The maximum absolute atomic E-state index is 13.4. The van der Waals surface area contributed by atoms with E-state index in [4.69, 9.17) is 0 Å². The van der Waals surface area contributed by atoms with Crippen LogP contribution in [0.5, 0.6) is 0 Å². The van der Waals surface area contributed by atoms with Crippen LogP contribution in [0.25, 0.3) is 0 Å². The van der Waals surface area contributed by atoms with Crippen LogP contribution in [0, 0.1) is 27.7 Å². The highest BCUT2D eigenvalue weighted by Crippen LogP contribution is 2.21. The zero-order valence-corrected chi connectivity index (χ0v) is 28.3. The van der Waals surface area contributed by atoms with Gasteiger partial charge >= 0.3 is 0 Å². The van der Waals surface area contributed by atoms with E-state index in [-0.39, 0.29) is 22.9 Å². The Labute approximate surface area is 258 Å². The molecule has 1 unspecified atom stereocenters. The van der Waals surface area contributed by atoms with E-state index in [9.17, 15) is 9.59 Å². The first-order valence-electron chi connectivity index (χ1n) is 14.7. The molecule has 0 radical (unpaired) electrons. The van der Waals surface area contributed by atoms with Gasteiger partial charge in [-0.25, -0.2) is 0 Å². The summed E-state index contributed by atoms with van der Waals surface area (Å²) in [7, 11) is 0. The fourth-order valence-corrected chi connectivity index (χ4v) is 6.57. The van der Waals surface area contributed by atoms with E-state index < -0.39 is 0 Å². The number of hydrogen-bond donors (Lipinski definition) is 1. The second-order valence-electron chi connectivity index (χ2n) is 11.1. The summed E-state index contributed by atoms with van der Waals surface area (Å²) in [6.45, 7) is 19.8. The first-order chi connectivity index (χ1) is 18.6. The van der Waals surface area contributed by atoms with E-state index in [1.807, 2.05) is 43.8 Å². The minimum absolute atomic E-state index is 0. The van der Waals surface area contributed by atoms with Gasteiger partial charge in [0.05, 0.1) is 26.2 Å². The summed E-state index contributed by atoms with van der Waals surface area (Å²) in [5.74, 6) is 2.17.